The number of hydrogen-bond donors (Lipinski definition) is 3. The van der Waals surface area contributed by atoms with Crippen LogP contribution in [0.3, 0.4) is 0 Å². The molecule has 0 atom stereocenters. The minimum absolute atomic E-state index is 0.0886. The highest BCUT2D eigenvalue weighted by atomic mass is 16.5. The molecule has 0 aliphatic carbocycles. The summed E-state index contributed by atoms with van der Waals surface area (Å²) in [6, 6.07) is 6.19. The Morgan fingerprint density at radius 2 is 1.96 bits per heavy atom. The third-order valence-electron chi connectivity index (χ3n) is 3.77. The molecule has 0 aliphatic heterocycles. The Morgan fingerprint density at radius 1 is 1.26 bits per heavy atom. The molecule has 0 fully saturated rings. The Balaban J connectivity index is 2.52. The number of carboxylic acid groups (broad SMARTS) is 1. The van der Waals surface area contributed by atoms with Gasteiger partial charge in [-0.2, -0.15) is 0 Å². The summed E-state index contributed by atoms with van der Waals surface area (Å²) in [5, 5.41) is 26.9. The Bertz CT molecular complexity index is 1080. The number of benzene rings is 1. The van der Waals surface area contributed by atoms with Crippen LogP contribution in [-0.2, 0) is 0 Å². The number of hydrogen-bond acceptors (Lipinski definition) is 5. The molecule has 0 aliphatic rings. The normalized spacial score (nSPS) is 11.4. The van der Waals surface area contributed by atoms with E-state index in [0.717, 1.165) is 11.6 Å². The standard InChI is InChI=1S/C16H14N2O5/c1-7(2)8-3-4-12-9(5-8)13(19)10-6-11(16(20)21)14(17)18(22)15(10)23-12/h3-7,17,22H,1-2H3,(H,20,21). The molecule has 3 N–H and O–H groups in total. The number of carboxylic acids is 1. The first-order valence-electron chi connectivity index (χ1n) is 6.95. The zero-order valence-electron chi connectivity index (χ0n) is 12.5. The summed E-state index contributed by atoms with van der Waals surface area (Å²) in [6.07, 6.45) is 0. The lowest BCUT2D eigenvalue weighted by atomic mass is 10.0. The molecule has 118 valence electrons. The summed E-state index contributed by atoms with van der Waals surface area (Å²) in [7, 11) is 0. The van der Waals surface area contributed by atoms with E-state index in [1.807, 2.05) is 19.9 Å². The van der Waals surface area contributed by atoms with Crippen LogP contribution in [0.15, 0.2) is 33.5 Å². The zero-order chi connectivity index (χ0) is 16.9. The lowest BCUT2D eigenvalue weighted by molar-refractivity contribution is 0.0687. The van der Waals surface area contributed by atoms with Crippen LogP contribution in [0.2, 0.25) is 0 Å². The van der Waals surface area contributed by atoms with E-state index >= 15 is 0 Å². The van der Waals surface area contributed by atoms with Crippen molar-refractivity contribution in [1.29, 1.82) is 5.41 Å². The van der Waals surface area contributed by atoms with Gasteiger partial charge >= 0.3 is 5.97 Å². The van der Waals surface area contributed by atoms with Crippen LogP contribution >= 0.6 is 0 Å². The van der Waals surface area contributed by atoms with Gasteiger partial charge in [-0.15, -0.1) is 4.73 Å². The topological polar surface area (TPSA) is 117 Å². The monoisotopic (exact) mass is 314 g/mol. The van der Waals surface area contributed by atoms with Gasteiger partial charge in [0.15, 0.2) is 5.49 Å². The van der Waals surface area contributed by atoms with Gasteiger partial charge in [-0.1, -0.05) is 19.9 Å². The molecule has 7 nitrogen and oxygen atoms in total. The highest BCUT2D eigenvalue weighted by molar-refractivity contribution is 5.94. The first-order valence-corrected chi connectivity index (χ1v) is 6.95. The number of pyridine rings is 1. The van der Waals surface area contributed by atoms with Gasteiger partial charge in [0.1, 0.15) is 11.1 Å². The van der Waals surface area contributed by atoms with Gasteiger partial charge in [-0.25, -0.2) is 4.79 Å². The Morgan fingerprint density at radius 3 is 2.57 bits per heavy atom. The second-order valence-corrected chi connectivity index (χ2v) is 5.58. The Kier molecular flexibility index (Phi) is 3.21. The van der Waals surface area contributed by atoms with Crippen LogP contribution in [0.1, 0.15) is 35.7 Å². The zero-order valence-corrected chi connectivity index (χ0v) is 12.5. The van der Waals surface area contributed by atoms with E-state index in [2.05, 4.69) is 0 Å². The van der Waals surface area contributed by atoms with Gasteiger partial charge in [0.05, 0.1) is 10.8 Å². The molecule has 2 aromatic heterocycles. The van der Waals surface area contributed by atoms with Crippen molar-refractivity contribution < 1.29 is 19.5 Å². The summed E-state index contributed by atoms with van der Waals surface area (Å²) in [4.78, 5) is 23.8. The van der Waals surface area contributed by atoms with Crippen LogP contribution < -0.4 is 10.9 Å². The third-order valence-corrected chi connectivity index (χ3v) is 3.77. The van der Waals surface area contributed by atoms with Gasteiger partial charge in [0.25, 0.3) is 0 Å². The summed E-state index contributed by atoms with van der Waals surface area (Å²) in [5.74, 6) is -1.20. The van der Waals surface area contributed by atoms with Crippen LogP contribution in [0.4, 0.5) is 0 Å². The first-order chi connectivity index (χ1) is 10.8. The van der Waals surface area contributed by atoms with E-state index in [-0.39, 0.29) is 27.3 Å². The summed E-state index contributed by atoms with van der Waals surface area (Å²) < 4.78 is 5.78. The molecule has 0 spiro atoms. The van der Waals surface area contributed by atoms with Gasteiger partial charge in [-0.3, -0.25) is 10.2 Å². The maximum absolute atomic E-state index is 12.7. The van der Waals surface area contributed by atoms with Crippen LogP contribution in [-0.4, -0.2) is 21.0 Å². The van der Waals surface area contributed by atoms with Crippen molar-refractivity contribution in [2.24, 2.45) is 0 Å². The highest BCUT2D eigenvalue weighted by Crippen LogP contribution is 2.22. The molecule has 0 radical (unpaired) electrons. The molecule has 0 unspecified atom stereocenters. The molecule has 0 saturated heterocycles. The molecule has 23 heavy (non-hydrogen) atoms. The first kappa shape index (κ1) is 14.8. The maximum Gasteiger partial charge on any atom is 0.339 e. The molecule has 3 rings (SSSR count). The molecule has 0 bridgehead atoms. The van der Waals surface area contributed by atoms with Gasteiger partial charge in [0.2, 0.25) is 11.1 Å². The third kappa shape index (κ3) is 2.17. The Hall–Kier alpha value is -3.09. The van der Waals surface area contributed by atoms with Gasteiger partial charge < -0.3 is 14.7 Å². The second-order valence-electron chi connectivity index (χ2n) is 5.58. The Labute approximate surface area is 129 Å². The summed E-state index contributed by atoms with van der Waals surface area (Å²) in [6.45, 7) is 3.97. The average Bonchev–Trinajstić information content (AvgIpc) is 2.50. The van der Waals surface area contributed by atoms with Crippen molar-refractivity contribution >= 4 is 28.0 Å². The fraction of sp³-hybridized carbons (Fsp3) is 0.188. The maximum atomic E-state index is 12.7. The van der Waals surface area contributed by atoms with E-state index in [9.17, 15) is 14.8 Å². The van der Waals surface area contributed by atoms with Crippen molar-refractivity contribution in [2.75, 3.05) is 0 Å². The van der Waals surface area contributed by atoms with E-state index in [4.69, 9.17) is 14.9 Å². The molecule has 3 aromatic rings. The number of rotatable bonds is 2. The molecule has 1 aromatic carbocycles. The molecular weight excluding hydrogens is 300 g/mol. The minimum Gasteiger partial charge on any atom is -0.478 e. The van der Waals surface area contributed by atoms with Crippen molar-refractivity contribution in [3.63, 3.8) is 0 Å². The molecule has 7 heteroatoms. The molecule has 0 saturated carbocycles. The number of fused-ring (bicyclic) bond motifs is 2. The number of nitrogens with one attached hydrogen (secondary N) is 1. The van der Waals surface area contributed by atoms with Crippen molar-refractivity contribution in [1.82, 2.24) is 4.73 Å². The predicted molar refractivity (Wildman–Crippen MR) is 82.1 cm³/mol. The fourth-order valence-electron chi connectivity index (χ4n) is 2.45. The minimum atomic E-state index is -1.41. The molecular formula is C16H14N2O5. The number of carbonyl (C=O) groups is 1. The van der Waals surface area contributed by atoms with Crippen LogP contribution in [0.5, 0.6) is 0 Å². The quantitative estimate of drug-likeness (QED) is 0.495. The van der Waals surface area contributed by atoms with Crippen molar-refractivity contribution in [3.05, 3.63) is 51.1 Å². The van der Waals surface area contributed by atoms with Gasteiger partial charge in [-0.05, 0) is 29.7 Å². The predicted octanol–water partition coefficient (Wildman–Crippen LogP) is 2.29. The van der Waals surface area contributed by atoms with E-state index < -0.39 is 22.4 Å². The van der Waals surface area contributed by atoms with E-state index in [1.165, 1.54) is 0 Å². The van der Waals surface area contributed by atoms with Crippen molar-refractivity contribution in [3.8, 4) is 0 Å². The molecule has 0 amide bonds. The summed E-state index contributed by atoms with van der Waals surface area (Å²) in [5.41, 5.74) is -0.643. The molecule has 2 heterocycles. The van der Waals surface area contributed by atoms with Crippen LogP contribution in [0, 0.1) is 5.41 Å². The average molecular weight is 314 g/mol. The number of aromatic nitrogens is 1. The fourth-order valence-corrected chi connectivity index (χ4v) is 2.45. The lowest BCUT2D eigenvalue weighted by Crippen LogP contribution is -2.26. The second kappa shape index (κ2) is 4.98. The lowest BCUT2D eigenvalue weighted by Gasteiger charge is -2.09. The van der Waals surface area contributed by atoms with E-state index in [0.29, 0.717) is 5.39 Å². The largest absolute Gasteiger partial charge is 0.478 e. The van der Waals surface area contributed by atoms with Crippen LogP contribution in [0.25, 0.3) is 22.1 Å². The van der Waals surface area contributed by atoms with Crippen molar-refractivity contribution in [2.45, 2.75) is 19.8 Å². The summed E-state index contributed by atoms with van der Waals surface area (Å²) >= 11 is 0. The number of nitrogens with zero attached hydrogens (tertiary/aromatic N) is 1. The highest BCUT2D eigenvalue weighted by Gasteiger charge is 2.17. The van der Waals surface area contributed by atoms with Gasteiger partial charge in [0, 0.05) is 0 Å². The smallest absolute Gasteiger partial charge is 0.339 e. The SMILES string of the molecule is CC(C)c1ccc2oc3c(cc(C(=O)O)c(=N)n3O)c(=O)c2c1. The van der Waals surface area contributed by atoms with E-state index in [1.54, 1.807) is 12.1 Å². The number of aromatic carboxylic acids is 1.